The van der Waals surface area contributed by atoms with Crippen LogP contribution in [0.25, 0.3) is 22.4 Å². The molecule has 0 spiro atoms. The van der Waals surface area contributed by atoms with Crippen LogP contribution in [0.5, 0.6) is 5.75 Å². The fraction of sp³-hybridized carbons (Fsp3) is 0.0526. The van der Waals surface area contributed by atoms with E-state index in [1.807, 2.05) is 36.4 Å². The molecule has 0 aliphatic rings. The fourth-order valence-electron chi connectivity index (χ4n) is 2.68. The summed E-state index contributed by atoms with van der Waals surface area (Å²) in [4.78, 5) is 12.2. The monoisotopic (exact) mass is 334 g/mol. The predicted octanol–water partition coefficient (Wildman–Crippen LogP) is 4.08. The first kappa shape index (κ1) is 15.1. The van der Waals surface area contributed by atoms with Gasteiger partial charge in [-0.2, -0.15) is 0 Å². The van der Waals surface area contributed by atoms with Gasteiger partial charge in [-0.1, -0.05) is 18.2 Å². The number of hydrogen-bond acceptors (Lipinski definition) is 4. The smallest absolute Gasteiger partial charge is 0.142 e. The number of halogens is 1. The predicted molar refractivity (Wildman–Crippen MR) is 94.7 cm³/mol. The molecule has 0 saturated carbocycles. The first-order valence-corrected chi connectivity index (χ1v) is 7.82. The Hall–Kier alpha value is -3.41. The van der Waals surface area contributed by atoms with E-state index in [0.717, 1.165) is 22.7 Å². The first-order valence-electron chi connectivity index (χ1n) is 7.82. The summed E-state index contributed by atoms with van der Waals surface area (Å²) in [5.41, 5.74) is 3.23. The maximum Gasteiger partial charge on any atom is 0.142 e. The molecule has 25 heavy (non-hydrogen) atoms. The van der Waals surface area contributed by atoms with Gasteiger partial charge in [-0.15, -0.1) is 0 Å². The molecule has 0 radical (unpaired) electrons. The molecule has 2 heterocycles. The molecule has 5 nitrogen and oxygen atoms in total. The lowest BCUT2D eigenvalue weighted by atomic mass is 10.2. The largest absolute Gasteiger partial charge is 0.507 e. The lowest BCUT2D eigenvalue weighted by molar-refractivity contribution is 0.463. The highest BCUT2D eigenvalue weighted by Gasteiger charge is 2.11. The lowest BCUT2D eigenvalue weighted by Gasteiger charge is -2.10. The summed E-state index contributed by atoms with van der Waals surface area (Å²) in [5, 5.41) is 13.0. The lowest BCUT2D eigenvalue weighted by Crippen LogP contribution is -2.03. The average molecular weight is 334 g/mol. The van der Waals surface area contributed by atoms with Crippen molar-refractivity contribution in [2.24, 2.45) is 0 Å². The second-order valence-corrected chi connectivity index (χ2v) is 5.63. The van der Waals surface area contributed by atoms with Crippen LogP contribution in [-0.2, 0) is 6.54 Å². The Kier molecular flexibility index (Phi) is 3.78. The van der Waals surface area contributed by atoms with Crippen molar-refractivity contribution in [3.63, 3.8) is 0 Å². The molecule has 0 unspecified atom stereocenters. The fourth-order valence-corrected chi connectivity index (χ4v) is 2.68. The minimum absolute atomic E-state index is 0.0891. The number of aromatic amines is 1. The quantitative estimate of drug-likeness (QED) is 0.526. The number of pyridine rings is 1. The maximum absolute atomic E-state index is 13.1. The summed E-state index contributed by atoms with van der Waals surface area (Å²) >= 11 is 0. The topological polar surface area (TPSA) is 73.8 Å². The van der Waals surface area contributed by atoms with Crippen LogP contribution in [0.1, 0.15) is 5.56 Å². The molecule has 0 aliphatic carbocycles. The molecule has 3 N–H and O–H groups in total. The Morgan fingerprint density at radius 3 is 2.80 bits per heavy atom. The van der Waals surface area contributed by atoms with Gasteiger partial charge in [0.25, 0.3) is 0 Å². The van der Waals surface area contributed by atoms with Crippen LogP contribution in [0.15, 0.2) is 60.8 Å². The Labute approximate surface area is 143 Å². The second kappa shape index (κ2) is 6.24. The molecule has 0 bridgehead atoms. The summed E-state index contributed by atoms with van der Waals surface area (Å²) in [6.07, 6.45) is 1.68. The van der Waals surface area contributed by atoms with Crippen LogP contribution in [0.2, 0.25) is 0 Å². The number of hydrogen-bond donors (Lipinski definition) is 3. The van der Waals surface area contributed by atoms with Crippen LogP contribution in [0.3, 0.4) is 0 Å². The molecule has 0 fully saturated rings. The number of nitrogens with zero attached hydrogens (tertiary/aromatic N) is 2. The number of aromatic hydroxyl groups is 1. The van der Waals surface area contributed by atoms with Gasteiger partial charge in [0.15, 0.2) is 0 Å². The molecule has 6 heteroatoms. The van der Waals surface area contributed by atoms with E-state index in [4.69, 9.17) is 0 Å². The van der Waals surface area contributed by atoms with Crippen LogP contribution in [0, 0.1) is 5.82 Å². The van der Waals surface area contributed by atoms with Crippen LogP contribution >= 0.6 is 0 Å². The van der Waals surface area contributed by atoms with E-state index in [0.29, 0.717) is 23.8 Å². The number of H-pyrrole nitrogens is 1. The molecule has 2 aromatic heterocycles. The molecule has 2 aromatic carbocycles. The van der Waals surface area contributed by atoms with Gasteiger partial charge in [0, 0.05) is 24.4 Å². The van der Waals surface area contributed by atoms with E-state index in [9.17, 15) is 9.50 Å². The normalized spacial score (nSPS) is 10.9. The SMILES string of the molecule is Oc1cc(F)ccc1CNc1ncccc1-c1nc2ccccc2[nH]1. The number of fused-ring (bicyclic) bond motifs is 1. The zero-order chi connectivity index (χ0) is 17.2. The summed E-state index contributed by atoms with van der Waals surface area (Å²) in [6.45, 7) is 0.316. The van der Waals surface area contributed by atoms with Crippen molar-refractivity contribution in [2.75, 3.05) is 5.32 Å². The number of para-hydroxylation sites is 2. The summed E-state index contributed by atoms with van der Waals surface area (Å²) in [5.74, 6) is 0.779. The Morgan fingerprint density at radius 2 is 1.96 bits per heavy atom. The minimum atomic E-state index is -0.470. The van der Waals surface area contributed by atoms with Crippen molar-refractivity contribution >= 4 is 16.9 Å². The highest BCUT2D eigenvalue weighted by Crippen LogP contribution is 2.27. The molecule has 0 atom stereocenters. The Morgan fingerprint density at radius 1 is 1.08 bits per heavy atom. The number of benzene rings is 2. The van der Waals surface area contributed by atoms with Crippen molar-refractivity contribution < 1.29 is 9.50 Å². The summed E-state index contributed by atoms with van der Waals surface area (Å²) in [7, 11) is 0. The number of imidazole rings is 1. The third kappa shape index (κ3) is 3.01. The van der Waals surface area contributed by atoms with E-state index in [1.165, 1.54) is 6.07 Å². The number of anilines is 1. The molecule has 124 valence electrons. The van der Waals surface area contributed by atoms with Gasteiger partial charge in [-0.05, 0) is 30.3 Å². The third-order valence-electron chi connectivity index (χ3n) is 3.95. The van der Waals surface area contributed by atoms with Crippen LogP contribution < -0.4 is 5.32 Å². The first-order chi connectivity index (χ1) is 12.2. The molecule has 0 saturated heterocycles. The van der Waals surface area contributed by atoms with Crippen molar-refractivity contribution in [3.8, 4) is 17.1 Å². The van der Waals surface area contributed by atoms with Gasteiger partial charge in [0.1, 0.15) is 23.2 Å². The van der Waals surface area contributed by atoms with Crippen molar-refractivity contribution in [2.45, 2.75) is 6.54 Å². The number of aromatic nitrogens is 3. The molecular formula is C19H15FN4O. The molecule has 4 aromatic rings. The second-order valence-electron chi connectivity index (χ2n) is 5.63. The Balaban J connectivity index is 1.64. The zero-order valence-corrected chi connectivity index (χ0v) is 13.2. The van der Waals surface area contributed by atoms with E-state index in [-0.39, 0.29) is 5.75 Å². The van der Waals surface area contributed by atoms with Gasteiger partial charge in [0.2, 0.25) is 0 Å². The van der Waals surface area contributed by atoms with E-state index in [1.54, 1.807) is 12.3 Å². The van der Waals surface area contributed by atoms with Gasteiger partial charge < -0.3 is 15.4 Å². The summed E-state index contributed by atoms with van der Waals surface area (Å²) in [6, 6.07) is 15.5. The van der Waals surface area contributed by atoms with E-state index < -0.39 is 5.82 Å². The van der Waals surface area contributed by atoms with E-state index >= 15 is 0 Å². The maximum atomic E-state index is 13.1. The average Bonchev–Trinajstić information content (AvgIpc) is 3.05. The van der Waals surface area contributed by atoms with Gasteiger partial charge >= 0.3 is 0 Å². The molecule has 0 aliphatic heterocycles. The van der Waals surface area contributed by atoms with Crippen LogP contribution in [-0.4, -0.2) is 20.1 Å². The van der Waals surface area contributed by atoms with Gasteiger partial charge in [-0.3, -0.25) is 0 Å². The van der Waals surface area contributed by atoms with Crippen LogP contribution in [0.4, 0.5) is 10.2 Å². The molecular weight excluding hydrogens is 319 g/mol. The van der Waals surface area contributed by atoms with Crippen molar-refractivity contribution in [1.82, 2.24) is 15.0 Å². The zero-order valence-electron chi connectivity index (χ0n) is 13.2. The third-order valence-corrected chi connectivity index (χ3v) is 3.95. The number of nitrogens with one attached hydrogen (secondary N) is 2. The van der Waals surface area contributed by atoms with Gasteiger partial charge in [0.05, 0.1) is 16.6 Å². The van der Waals surface area contributed by atoms with Crippen molar-refractivity contribution in [1.29, 1.82) is 0 Å². The number of rotatable bonds is 4. The number of phenolic OH excluding ortho intramolecular Hbond substituents is 1. The molecule has 4 rings (SSSR count). The number of phenols is 1. The Bertz CT molecular complexity index is 1010. The highest BCUT2D eigenvalue weighted by molar-refractivity contribution is 5.81. The molecule has 0 amide bonds. The standard InChI is InChI=1S/C19H15FN4O/c20-13-8-7-12(17(25)10-13)11-22-18-14(4-3-9-21-18)19-23-15-5-1-2-6-16(15)24-19/h1-10,25H,11H2,(H,21,22)(H,23,24). The van der Waals surface area contributed by atoms with Gasteiger partial charge in [-0.25, -0.2) is 14.4 Å². The summed E-state index contributed by atoms with van der Waals surface area (Å²) < 4.78 is 13.1. The highest BCUT2D eigenvalue weighted by atomic mass is 19.1. The minimum Gasteiger partial charge on any atom is -0.507 e. The van der Waals surface area contributed by atoms with Crippen molar-refractivity contribution in [3.05, 3.63) is 72.2 Å². The van der Waals surface area contributed by atoms with E-state index in [2.05, 4.69) is 20.3 Å².